The molecular weight excluding hydrogens is 328 g/mol. The Bertz CT molecular complexity index is 1050. The number of fused-ring (bicyclic) bond motifs is 1. The maximum absolute atomic E-state index is 12.3. The summed E-state index contributed by atoms with van der Waals surface area (Å²) in [6, 6.07) is 5.39. The van der Waals surface area contributed by atoms with Crippen molar-refractivity contribution in [1.82, 2.24) is 18.7 Å². The lowest BCUT2D eigenvalue weighted by atomic mass is 10.1. The van der Waals surface area contributed by atoms with Crippen LogP contribution in [-0.4, -0.2) is 28.9 Å². The van der Waals surface area contributed by atoms with Crippen molar-refractivity contribution in [2.45, 2.75) is 18.9 Å². The van der Waals surface area contributed by atoms with Gasteiger partial charge in [-0.3, -0.25) is 9.20 Å². The molecule has 0 fully saturated rings. The van der Waals surface area contributed by atoms with Crippen molar-refractivity contribution in [3.63, 3.8) is 0 Å². The summed E-state index contributed by atoms with van der Waals surface area (Å²) in [5.41, 5.74) is 2.74. The fourth-order valence-electron chi connectivity index (χ4n) is 2.63. The summed E-state index contributed by atoms with van der Waals surface area (Å²) in [4.78, 5) is 16.0. The minimum atomic E-state index is -3.62. The van der Waals surface area contributed by atoms with Crippen LogP contribution in [0.1, 0.15) is 12.5 Å². The Labute approximate surface area is 139 Å². The average molecular weight is 346 g/mol. The van der Waals surface area contributed by atoms with Crippen LogP contribution in [0.4, 0.5) is 0 Å². The van der Waals surface area contributed by atoms with Gasteiger partial charge in [0.25, 0.3) is 15.6 Å². The number of imidazole rings is 1. The maximum Gasteiger partial charge on any atom is 0.258 e. The molecule has 0 radical (unpaired) electrons. The number of sulfonamides is 1. The molecule has 0 aliphatic heterocycles. The van der Waals surface area contributed by atoms with Crippen LogP contribution in [0.5, 0.6) is 0 Å². The van der Waals surface area contributed by atoms with Gasteiger partial charge in [0, 0.05) is 31.5 Å². The summed E-state index contributed by atoms with van der Waals surface area (Å²) in [6.07, 6.45) is 4.78. The quantitative estimate of drug-likeness (QED) is 0.772. The second-order valence-electron chi connectivity index (χ2n) is 5.57. The van der Waals surface area contributed by atoms with Crippen molar-refractivity contribution in [2.75, 3.05) is 6.54 Å². The van der Waals surface area contributed by atoms with Gasteiger partial charge in [0.15, 0.2) is 5.03 Å². The Morgan fingerprint density at radius 2 is 1.96 bits per heavy atom. The molecule has 24 heavy (non-hydrogen) atoms. The summed E-state index contributed by atoms with van der Waals surface area (Å²) in [5.74, 6) is 0. The predicted molar refractivity (Wildman–Crippen MR) is 91.5 cm³/mol. The zero-order chi connectivity index (χ0) is 17.5. The molecule has 3 aromatic heterocycles. The van der Waals surface area contributed by atoms with Crippen LogP contribution in [0.15, 0.2) is 46.6 Å². The number of aromatic nitrogens is 3. The number of aryl methyl sites for hydroxylation is 2. The maximum atomic E-state index is 12.3. The van der Waals surface area contributed by atoms with E-state index in [1.807, 2.05) is 6.07 Å². The fraction of sp³-hybridized carbons (Fsp3) is 0.250. The van der Waals surface area contributed by atoms with Crippen LogP contribution < -0.4 is 10.3 Å². The Morgan fingerprint density at radius 1 is 1.21 bits per heavy atom. The van der Waals surface area contributed by atoms with Gasteiger partial charge in [-0.15, -0.1) is 0 Å². The predicted octanol–water partition coefficient (Wildman–Crippen LogP) is 1.31. The first kappa shape index (κ1) is 16.4. The molecule has 1 N–H and O–H groups in total. The van der Waals surface area contributed by atoms with Crippen molar-refractivity contribution < 1.29 is 8.42 Å². The Balaban J connectivity index is 2.20. The molecule has 8 heteroatoms. The molecule has 0 amide bonds. The molecule has 0 atom stereocenters. The lowest BCUT2D eigenvalue weighted by Crippen LogP contribution is -2.24. The fourth-order valence-corrected chi connectivity index (χ4v) is 3.75. The van der Waals surface area contributed by atoms with E-state index in [4.69, 9.17) is 0 Å². The monoisotopic (exact) mass is 346 g/mol. The number of hydrogen-bond acceptors (Lipinski definition) is 4. The van der Waals surface area contributed by atoms with Crippen molar-refractivity contribution in [3.8, 4) is 11.1 Å². The number of nitrogens with zero attached hydrogens (tertiary/aromatic N) is 3. The summed E-state index contributed by atoms with van der Waals surface area (Å²) < 4.78 is 30.1. The molecule has 0 unspecified atom stereocenters. The lowest BCUT2D eigenvalue weighted by molar-refractivity contribution is 0.579. The van der Waals surface area contributed by atoms with E-state index in [1.54, 1.807) is 45.4 Å². The first-order valence-electron chi connectivity index (χ1n) is 7.48. The van der Waals surface area contributed by atoms with Crippen LogP contribution in [0.3, 0.4) is 0 Å². The largest absolute Gasteiger partial charge is 0.318 e. The van der Waals surface area contributed by atoms with Crippen LogP contribution in [0, 0.1) is 6.92 Å². The van der Waals surface area contributed by atoms with Crippen molar-refractivity contribution in [3.05, 3.63) is 52.7 Å². The molecule has 0 bridgehead atoms. The summed E-state index contributed by atoms with van der Waals surface area (Å²) >= 11 is 0. The smallest absolute Gasteiger partial charge is 0.258 e. The number of rotatable bonds is 4. The molecule has 3 rings (SSSR count). The zero-order valence-corrected chi connectivity index (χ0v) is 14.5. The Morgan fingerprint density at radius 3 is 2.62 bits per heavy atom. The van der Waals surface area contributed by atoms with Gasteiger partial charge in [-0.25, -0.2) is 18.1 Å². The minimum absolute atomic E-state index is 0.0575. The van der Waals surface area contributed by atoms with Gasteiger partial charge in [0.2, 0.25) is 0 Å². The van der Waals surface area contributed by atoms with Crippen molar-refractivity contribution >= 4 is 15.7 Å². The van der Waals surface area contributed by atoms with Gasteiger partial charge in [0.05, 0.1) is 6.20 Å². The molecule has 3 aromatic rings. The second kappa shape index (κ2) is 5.88. The highest BCUT2D eigenvalue weighted by molar-refractivity contribution is 7.89. The Hall–Kier alpha value is -2.45. The van der Waals surface area contributed by atoms with Gasteiger partial charge in [-0.1, -0.05) is 6.92 Å². The third-order valence-corrected chi connectivity index (χ3v) is 5.30. The standard InChI is InChI=1S/C16H18N4O3S/c1-4-18-24(22,23)15-8-17-14-6-5-12(10-20(14)15)13-7-11(2)16(21)19(3)9-13/h5-10,18H,4H2,1-3H3. The average Bonchev–Trinajstić information content (AvgIpc) is 2.96. The molecule has 126 valence electrons. The summed E-state index contributed by atoms with van der Waals surface area (Å²) in [5, 5.41) is 0.0859. The highest BCUT2D eigenvalue weighted by Gasteiger charge is 2.18. The SMILES string of the molecule is CCNS(=O)(=O)c1cnc2ccc(-c3cc(C)c(=O)n(C)c3)cn12. The van der Waals surface area contributed by atoms with Crippen molar-refractivity contribution in [2.24, 2.45) is 7.05 Å². The summed E-state index contributed by atoms with van der Waals surface area (Å²) in [7, 11) is -1.93. The van der Waals surface area contributed by atoms with Gasteiger partial charge in [-0.2, -0.15) is 0 Å². The molecule has 0 aliphatic carbocycles. The highest BCUT2D eigenvalue weighted by Crippen LogP contribution is 2.22. The number of hydrogen-bond donors (Lipinski definition) is 1. The lowest BCUT2D eigenvalue weighted by Gasteiger charge is -2.09. The Kier molecular flexibility index (Phi) is 4.02. The highest BCUT2D eigenvalue weighted by atomic mass is 32.2. The second-order valence-corrected chi connectivity index (χ2v) is 7.29. The normalized spacial score (nSPS) is 12.0. The van der Waals surface area contributed by atoms with Crippen LogP contribution in [-0.2, 0) is 17.1 Å². The van der Waals surface area contributed by atoms with E-state index in [1.165, 1.54) is 15.2 Å². The van der Waals surface area contributed by atoms with E-state index in [-0.39, 0.29) is 10.6 Å². The molecule has 0 aromatic carbocycles. The zero-order valence-electron chi connectivity index (χ0n) is 13.6. The van der Waals surface area contributed by atoms with E-state index >= 15 is 0 Å². The van der Waals surface area contributed by atoms with Crippen LogP contribution in [0.2, 0.25) is 0 Å². The first-order valence-corrected chi connectivity index (χ1v) is 8.96. The third kappa shape index (κ3) is 2.74. The molecule has 0 aliphatic rings. The first-order chi connectivity index (χ1) is 11.3. The molecule has 0 saturated heterocycles. The van der Waals surface area contributed by atoms with Crippen molar-refractivity contribution in [1.29, 1.82) is 0 Å². The van der Waals surface area contributed by atoms with E-state index in [9.17, 15) is 13.2 Å². The minimum Gasteiger partial charge on any atom is -0.318 e. The third-order valence-electron chi connectivity index (χ3n) is 3.78. The van der Waals surface area contributed by atoms with E-state index in [0.717, 1.165) is 11.1 Å². The van der Waals surface area contributed by atoms with Gasteiger partial charge in [-0.05, 0) is 36.2 Å². The van der Waals surface area contributed by atoms with Gasteiger partial charge >= 0.3 is 0 Å². The van der Waals surface area contributed by atoms with E-state index in [0.29, 0.717) is 17.8 Å². The van der Waals surface area contributed by atoms with Crippen LogP contribution >= 0.6 is 0 Å². The molecule has 3 heterocycles. The topological polar surface area (TPSA) is 85.5 Å². The van der Waals surface area contributed by atoms with Gasteiger partial charge in [0.1, 0.15) is 5.65 Å². The molecular formula is C16H18N4O3S. The number of pyridine rings is 2. The van der Waals surface area contributed by atoms with E-state index < -0.39 is 10.0 Å². The summed E-state index contributed by atoms with van der Waals surface area (Å²) in [6.45, 7) is 3.78. The van der Waals surface area contributed by atoms with Gasteiger partial charge < -0.3 is 4.57 Å². The van der Waals surface area contributed by atoms with Crippen LogP contribution in [0.25, 0.3) is 16.8 Å². The number of nitrogens with one attached hydrogen (secondary N) is 1. The molecule has 0 spiro atoms. The molecule has 0 saturated carbocycles. The molecule has 7 nitrogen and oxygen atoms in total. The van der Waals surface area contributed by atoms with E-state index in [2.05, 4.69) is 9.71 Å².